The van der Waals surface area contributed by atoms with Gasteiger partial charge in [-0.25, -0.2) is 0 Å². The number of pyridine rings is 1. The van der Waals surface area contributed by atoms with Gasteiger partial charge in [0.05, 0.1) is 0 Å². The molecule has 0 fully saturated rings. The van der Waals surface area contributed by atoms with Crippen LogP contribution in [0.4, 0.5) is 0 Å². The topological polar surface area (TPSA) is 22.0 Å². The Morgan fingerprint density at radius 1 is 1.31 bits per heavy atom. The van der Waals surface area contributed by atoms with Crippen molar-refractivity contribution in [3.8, 4) is 0 Å². The van der Waals surface area contributed by atoms with E-state index in [1.807, 2.05) is 20.9 Å². The summed E-state index contributed by atoms with van der Waals surface area (Å²) >= 11 is 0. The van der Waals surface area contributed by atoms with Crippen molar-refractivity contribution >= 4 is 0 Å². The van der Waals surface area contributed by atoms with Gasteiger partial charge in [0.15, 0.2) is 0 Å². The highest BCUT2D eigenvalue weighted by atomic mass is 16.1. The van der Waals surface area contributed by atoms with Gasteiger partial charge in [-0.1, -0.05) is 13.8 Å². The molecule has 1 rings (SSSR count). The van der Waals surface area contributed by atoms with E-state index in [0.29, 0.717) is 5.92 Å². The Labute approximate surface area is 79.2 Å². The molecule has 0 aliphatic heterocycles. The highest BCUT2D eigenvalue weighted by Gasteiger charge is 2.09. The van der Waals surface area contributed by atoms with Gasteiger partial charge in [-0.05, 0) is 31.4 Å². The second kappa shape index (κ2) is 3.36. The number of hydrogen-bond donors (Lipinski definition) is 0. The average Bonchev–Trinajstić information content (AvgIpc) is 2.07. The fraction of sp³-hybridized carbons (Fsp3) is 0.545. The summed E-state index contributed by atoms with van der Waals surface area (Å²) in [6.45, 7) is 8.09. The summed E-state index contributed by atoms with van der Waals surface area (Å²) in [6.07, 6.45) is 0. The van der Waals surface area contributed by atoms with Crippen molar-refractivity contribution in [2.24, 2.45) is 7.05 Å². The van der Waals surface area contributed by atoms with Gasteiger partial charge in [-0.15, -0.1) is 0 Å². The molecule has 0 saturated carbocycles. The quantitative estimate of drug-likeness (QED) is 0.647. The van der Waals surface area contributed by atoms with Crippen molar-refractivity contribution in [1.29, 1.82) is 0 Å². The van der Waals surface area contributed by atoms with Crippen LogP contribution in [-0.2, 0) is 7.05 Å². The van der Waals surface area contributed by atoms with Gasteiger partial charge in [-0.3, -0.25) is 4.79 Å². The Morgan fingerprint density at radius 2 is 1.85 bits per heavy atom. The number of nitrogens with zero attached hydrogens (tertiary/aromatic N) is 1. The lowest BCUT2D eigenvalue weighted by atomic mass is 9.99. The molecule has 0 unspecified atom stereocenters. The van der Waals surface area contributed by atoms with Crippen molar-refractivity contribution in [2.75, 3.05) is 0 Å². The number of aromatic nitrogens is 1. The predicted molar refractivity (Wildman–Crippen MR) is 55.2 cm³/mol. The van der Waals surface area contributed by atoms with Crippen LogP contribution in [0.3, 0.4) is 0 Å². The Hall–Kier alpha value is -1.05. The molecule has 1 aromatic heterocycles. The fourth-order valence-corrected chi connectivity index (χ4v) is 1.57. The van der Waals surface area contributed by atoms with Crippen molar-refractivity contribution in [3.63, 3.8) is 0 Å². The maximum atomic E-state index is 11.7. The molecule has 1 aromatic rings. The van der Waals surface area contributed by atoms with Crippen LogP contribution in [0.1, 0.15) is 36.6 Å². The molecule has 2 heteroatoms. The summed E-state index contributed by atoms with van der Waals surface area (Å²) in [4.78, 5) is 11.7. The number of hydrogen-bond acceptors (Lipinski definition) is 1. The van der Waals surface area contributed by atoms with Crippen LogP contribution in [0, 0.1) is 13.8 Å². The average molecular weight is 179 g/mol. The molecule has 0 aromatic carbocycles. The van der Waals surface area contributed by atoms with Crippen molar-refractivity contribution in [2.45, 2.75) is 33.6 Å². The zero-order chi connectivity index (χ0) is 10.2. The van der Waals surface area contributed by atoms with E-state index in [0.717, 1.165) is 11.3 Å². The zero-order valence-electron chi connectivity index (χ0n) is 9.01. The van der Waals surface area contributed by atoms with Crippen molar-refractivity contribution in [3.05, 3.63) is 33.2 Å². The second-order valence-electron chi connectivity index (χ2n) is 3.88. The van der Waals surface area contributed by atoms with E-state index >= 15 is 0 Å². The molecule has 0 atom stereocenters. The van der Waals surface area contributed by atoms with E-state index in [-0.39, 0.29) is 5.56 Å². The minimum Gasteiger partial charge on any atom is -0.316 e. The van der Waals surface area contributed by atoms with Gasteiger partial charge in [0.2, 0.25) is 0 Å². The third-order valence-corrected chi connectivity index (χ3v) is 2.57. The van der Waals surface area contributed by atoms with Crippen LogP contribution in [0.2, 0.25) is 0 Å². The largest absolute Gasteiger partial charge is 0.316 e. The Balaban J connectivity index is 3.51. The van der Waals surface area contributed by atoms with E-state index in [1.165, 1.54) is 5.56 Å². The van der Waals surface area contributed by atoms with E-state index < -0.39 is 0 Å². The van der Waals surface area contributed by atoms with E-state index in [1.54, 1.807) is 4.57 Å². The maximum Gasteiger partial charge on any atom is 0.253 e. The molecule has 72 valence electrons. The fourth-order valence-electron chi connectivity index (χ4n) is 1.57. The Bertz CT molecular complexity index is 374. The van der Waals surface area contributed by atoms with E-state index in [4.69, 9.17) is 0 Å². The third-order valence-electron chi connectivity index (χ3n) is 2.57. The molecular formula is C11H17NO. The van der Waals surface area contributed by atoms with Gasteiger partial charge in [0.25, 0.3) is 5.56 Å². The van der Waals surface area contributed by atoms with Crippen molar-refractivity contribution < 1.29 is 0 Å². The maximum absolute atomic E-state index is 11.7. The number of aryl methyl sites for hydroxylation is 1. The summed E-state index contributed by atoms with van der Waals surface area (Å²) in [6, 6.07) is 2.10. The molecule has 0 aliphatic rings. The molecular weight excluding hydrogens is 162 g/mol. The van der Waals surface area contributed by atoms with Crippen LogP contribution in [0.5, 0.6) is 0 Å². The molecule has 2 nitrogen and oxygen atoms in total. The highest BCUT2D eigenvalue weighted by molar-refractivity contribution is 5.28. The van der Waals surface area contributed by atoms with Crippen LogP contribution in [0.25, 0.3) is 0 Å². The first kappa shape index (κ1) is 10.0. The molecule has 0 bridgehead atoms. The molecule has 0 radical (unpaired) electrons. The van der Waals surface area contributed by atoms with Crippen LogP contribution >= 0.6 is 0 Å². The lowest BCUT2D eigenvalue weighted by Crippen LogP contribution is -2.23. The summed E-state index contributed by atoms with van der Waals surface area (Å²) in [5.41, 5.74) is 3.20. The smallest absolute Gasteiger partial charge is 0.253 e. The monoisotopic (exact) mass is 179 g/mol. The highest BCUT2D eigenvalue weighted by Crippen LogP contribution is 2.16. The Morgan fingerprint density at radius 3 is 2.31 bits per heavy atom. The molecule has 0 amide bonds. The van der Waals surface area contributed by atoms with E-state index in [9.17, 15) is 4.79 Å². The lowest BCUT2D eigenvalue weighted by Gasteiger charge is -2.12. The molecule has 0 spiro atoms. The summed E-state index contributed by atoms with van der Waals surface area (Å²) in [5, 5.41) is 0. The molecule has 1 heterocycles. The first-order valence-corrected chi connectivity index (χ1v) is 4.62. The standard InChI is InChI=1S/C11H17NO/c1-7(2)10-6-8(3)12(5)11(13)9(10)4/h6-7H,1-5H3. The van der Waals surface area contributed by atoms with Gasteiger partial charge in [0.1, 0.15) is 0 Å². The predicted octanol–water partition coefficient (Wildman–Crippen LogP) is 2.13. The van der Waals surface area contributed by atoms with Crippen LogP contribution < -0.4 is 5.56 Å². The minimum absolute atomic E-state index is 0.128. The normalized spacial score (nSPS) is 10.9. The molecule has 0 N–H and O–H groups in total. The molecule has 0 saturated heterocycles. The van der Waals surface area contributed by atoms with Crippen LogP contribution in [0.15, 0.2) is 10.9 Å². The third kappa shape index (κ3) is 1.67. The number of rotatable bonds is 1. The van der Waals surface area contributed by atoms with Gasteiger partial charge >= 0.3 is 0 Å². The SMILES string of the molecule is Cc1c(C(C)C)cc(C)n(C)c1=O. The zero-order valence-corrected chi connectivity index (χ0v) is 9.01. The lowest BCUT2D eigenvalue weighted by molar-refractivity contribution is 0.771. The summed E-state index contributed by atoms with van der Waals surface area (Å²) in [5.74, 6) is 0.424. The van der Waals surface area contributed by atoms with Crippen molar-refractivity contribution in [1.82, 2.24) is 4.57 Å². The van der Waals surface area contributed by atoms with Gasteiger partial charge < -0.3 is 4.57 Å². The van der Waals surface area contributed by atoms with Gasteiger partial charge in [0, 0.05) is 18.3 Å². The molecule has 0 aliphatic carbocycles. The Kier molecular flexibility index (Phi) is 2.60. The van der Waals surface area contributed by atoms with Gasteiger partial charge in [-0.2, -0.15) is 0 Å². The first-order valence-electron chi connectivity index (χ1n) is 4.62. The summed E-state index contributed by atoms with van der Waals surface area (Å²) in [7, 11) is 1.81. The minimum atomic E-state index is 0.128. The van der Waals surface area contributed by atoms with Crippen LogP contribution in [-0.4, -0.2) is 4.57 Å². The second-order valence-corrected chi connectivity index (χ2v) is 3.88. The van der Waals surface area contributed by atoms with E-state index in [2.05, 4.69) is 19.9 Å². The first-order chi connectivity index (χ1) is 5.95. The molecule has 13 heavy (non-hydrogen) atoms. The summed E-state index contributed by atoms with van der Waals surface area (Å²) < 4.78 is 1.70.